The number of carbonyl (C=O) groups is 1. The summed E-state index contributed by atoms with van der Waals surface area (Å²) in [6.45, 7) is 5.46. The van der Waals surface area contributed by atoms with Gasteiger partial charge in [-0.1, -0.05) is 30.3 Å². The topological polar surface area (TPSA) is 56.7 Å². The molecule has 1 aromatic carbocycles. The number of aliphatic hydroxyl groups is 1. The van der Waals surface area contributed by atoms with Gasteiger partial charge in [0.1, 0.15) is 4.88 Å². The number of piperazine rings is 1. The first kappa shape index (κ1) is 16.1. The van der Waals surface area contributed by atoms with Crippen molar-refractivity contribution in [2.45, 2.75) is 13.0 Å². The van der Waals surface area contributed by atoms with Gasteiger partial charge in [0.15, 0.2) is 0 Å². The van der Waals surface area contributed by atoms with Crippen LogP contribution in [-0.2, 0) is 0 Å². The highest BCUT2D eigenvalue weighted by Crippen LogP contribution is 2.18. The molecule has 1 aromatic heterocycles. The summed E-state index contributed by atoms with van der Waals surface area (Å²) in [4.78, 5) is 21.3. The first-order valence-electron chi connectivity index (χ1n) is 7.80. The van der Waals surface area contributed by atoms with Crippen LogP contribution in [0.5, 0.6) is 0 Å². The highest BCUT2D eigenvalue weighted by molar-refractivity contribution is 7.13. The van der Waals surface area contributed by atoms with Crippen molar-refractivity contribution in [2.24, 2.45) is 0 Å². The van der Waals surface area contributed by atoms with Crippen LogP contribution in [0.15, 0.2) is 36.5 Å². The van der Waals surface area contributed by atoms with E-state index in [1.165, 1.54) is 11.3 Å². The molecule has 0 bridgehead atoms. The van der Waals surface area contributed by atoms with Crippen LogP contribution < -0.4 is 0 Å². The average molecular weight is 331 g/mol. The second kappa shape index (κ2) is 7.21. The molecule has 1 amide bonds. The summed E-state index contributed by atoms with van der Waals surface area (Å²) < 4.78 is 0. The van der Waals surface area contributed by atoms with E-state index in [4.69, 9.17) is 0 Å². The Morgan fingerprint density at radius 3 is 2.57 bits per heavy atom. The molecule has 23 heavy (non-hydrogen) atoms. The van der Waals surface area contributed by atoms with Crippen molar-refractivity contribution in [2.75, 3.05) is 32.7 Å². The molecule has 2 aromatic rings. The van der Waals surface area contributed by atoms with Crippen LogP contribution in [-0.4, -0.2) is 58.5 Å². The van der Waals surface area contributed by atoms with Crippen LogP contribution in [0.1, 0.15) is 26.3 Å². The zero-order chi connectivity index (χ0) is 16.2. The fourth-order valence-electron chi connectivity index (χ4n) is 2.77. The Balaban J connectivity index is 1.51. The van der Waals surface area contributed by atoms with Gasteiger partial charge in [-0.3, -0.25) is 9.69 Å². The summed E-state index contributed by atoms with van der Waals surface area (Å²) in [5.41, 5.74) is 0.936. The Bertz CT molecular complexity index is 651. The van der Waals surface area contributed by atoms with Crippen molar-refractivity contribution in [3.05, 3.63) is 52.0 Å². The predicted octanol–water partition coefficient (Wildman–Crippen LogP) is 1.94. The van der Waals surface area contributed by atoms with Crippen molar-refractivity contribution in [1.82, 2.24) is 14.8 Å². The second-order valence-corrected chi connectivity index (χ2v) is 7.00. The van der Waals surface area contributed by atoms with E-state index in [1.54, 1.807) is 6.20 Å². The zero-order valence-corrected chi connectivity index (χ0v) is 14.0. The lowest BCUT2D eigenvalue weighted by Gasteiger charge is -2.35. The van der Waals surface area contributed by atoms with Crippen molar-refractivity contribution in [3.63, 3.8) is 0 Å². The molecular formula is C17H21N3O2S. The molecule has 6 heteroatoms. The van der Waals surface area contributed by atoms with E-state index >= 15 is 0 Å². The van der Waals surface area contributed by atoms with E-state index in [0.29, 0.717) is 24.5 Å². The third kappa shape index (κ3) is 3.96. The molecular weight excluding hydrogens is 310 g/mol. The first-order chi connectivity index (χ1) is 11.1. The molecule has 0 unspecified atom stereocenters. The number of aliphatic hydroxyl groups excluding tert-OH is 1. The van der Waals surface area contributed by atoms with Crippen LogP contribution in [0.25, 0.3) is 0 Å². The third-order valence-corrected chi connectivity index (χ3v) is 5.01. The SMILES string of the molecule is Cc1ncc(C(=O)N2CCN(C[C@H](O)c3ccccc3)CC2)s1. The van der Waals surface area contributed by atoms with E-state index in [1.807, 2.05) is 42.2 Å². The van der Waals surface area contributed by atoms with Crippen LogP contribution in [0.3, 0.4) is 0 Å². The minimum absolute atomic E-state index is 0.0684. The maximum absolute atomic E-state index is 12.4. The standard InChI is InChI=1S/C17H21N3O2S/c1-13-18-11-16(23-13)17(22)20-9-7-19(8-10-20)12-15(21)14-5-3-2-4-6-14/h2-6,11,15,21H,7-10,12H2,1H3/t15-/m0/s1. The van der Waals surface area contributed by atoms with Crippen LogP contribution in [0.2, 0.25) is 0 Å². The molecule has 1 aliphatic rings. The Hall–Kier alpha value is -1.76. The Morgan fingerprint density at radius 2 is 1.96 bits per heavy atom. The summed E-state index contributed by atoms with van der Waals surface area (Å²) in [5, 5.41) is 11.2. The van der Waals surface area contributed by atoms with Crippen molar-refractivity contribution < 1.29 is 9.90 Å². The normalized spacial score (nSPS) is 17.2. The van der Waals surface area contributed by atoms with Gasteiger partial charge >= 0.3 is 0 Å². The number of rotatable bonds is 4. The van der Waals surface area contributed by atoms with E-state index in [0.717, 1.165) is 23.7 Å². The van der Waals surface area contributed by atoms with E-state index in [-0.39, 0.29) is 5.91 Å². The minimum atomic E-state index is -0.484. The maximum atomic E-state index is 12.4. The van der Waals surface area contributed by atoms with Gasteiger partial charge in [0.05, 0.1) is 17.3 Å². The molecule has 0 spiro atoms. The minimum Gasteiger partial charge on any atom is -0.387 e. The molecule has 1 fully saturated rings. The second-order valence-electron chi connectivity index (χ2n) is 5.76. The lowest BCUT2D eigenvalue weighted by atomic mass is 10.1. The van der Waals surface area contributed by atoms with Gasteiger partial charge in [0.25, 0.3) is 5.91 Å². The van der Waals surface area contributed by atoms with Gasteiger partial charge in [0.2, 0.25) is 0 Å². The number of aryl methyl sites for hydroxylation is 1. The monoisotopic (exact) mass is 331 g/mol. The lowest BCUT2D eigenvalue weighted by Crippen LogP contribution is -2.49. The predicted molar refractivity (Wildman–Crippen MR) is 90.6 cm³/mol. The smallest absolute Gasteiger partial charge is 0.265 e. The first-order valence-corrected chi connectivity index (χ1v) is 8.62. The summed E-state index contributed by atoms with van der Waals surface area (Å²) in [6.07, 6.45) is 1.18. The van der Waals surface area contributed by atoms with Gasteiger partial charge in [-0.25, -0.2) is 4.98 Å². The molecule has 2 heterocycles. The zero-order valence-electron chi connectivity index (χ0n) is 13.2. The fraction of sp³-hybridized carbons (Fsp3) is 0.412. The van der Waals surface area contributed by atoms with Gasteiger partial charge in [0, 0.05) is 32.7 Å². The van der Waals surface area contributed by atoms with E-state index in [9.17, 15) is 9.90 Å². The molecule has 0 aliphatic carbocycles. The number of nitrogens with zero attached hydrogens (tertiary/aromatic N) is 3. The van der Waals surface area contributed by atoms with Crippen molar-refractivity contribution in [3.8, 4) is 0 Å². The molecule has 1 atom stereocenters. The number of β-amino-alcohol motifs (C(OH)–C–C–N with tert-alkyl or cyclic N) is 1. The lowest BCUT2D eigenvalue weighted by molar-refractivity contribution is 0.0531. The number of amides is 1. The quantitative estimate of drug-likeness (QED) is 0.930. The molecule has 0 saturated carbocycles. The van der Waals surface area contributed by atoms with Crippen molar-refractivity contribution in [1.29, 1.82) is 0 Å². The number of benzene rings is 1. The average Bonchev–Trinajstić information content (AvgIpc) is 3.02. The summed E-state index contributed by atoms with van der Waals surface area (Å²) >= 11 is 1.44. The summed E-state index contributed by atoms with van der Waals surface area (Å²) in [5.74, 6) is 0.0684. The number of aromatic nitrogens is 1. The largest absolute Gasteiger partial charge is 0.387 e. The van der Waals surface area contributed by atoms with E-state index < -0.39 is 6.10 Å². The highest BCUT2D eigenvalue weighted by atomic mass is 32.1. The Labute approximate surface area is 140 Å². The molecule has 3 rings (SSSR count). The van der Waals surface area contributed by atoms with Crippen molar-refractivity contribution >= 4 is 17.2 Å². The fourth-order valence-corrected chi connectivity index (χ4v) is 3.52. The maximum Gasteiger partial charge on any atom is 0.265 e. The van der Waals surface area contributed by atoms with Gasteiger partial charge in [-0.2, -0.15) is 0 Å². The molecule has 1 aliphatic heterocycles. The summed E-state index contributed by atoms with van der Waals surface area (Å²) in [7, 11) is 0. The van der Waals surface area contributed by atoms with Crippen LogP contribution in [0.4, 0.5) is 0 Å². The van der Waals surface area contributed by atoms with Gasteiger partial charge in [-0.05, 0) is 12.5 Å². The van der Waals surface area contributed by atoms with Gasteiger partial charge in [-0.15, -0.1) is 11.3 Å². The van der Waals surface area contributed by atoms with E-state index in [2.05, 4.69) is 9.88 Å². The molecule has 1 N–H and O–H groups in total. The Kier molecular flexibility index (Phi) is 5.05. The number of hydrogen-bond acceptors (Lipinski definition) is 5. The molecule has 5 nitrogen and oxygen atoms in total. The number of hydrogen-bond donors (Lipinski definition) is 1. The van der Waals surface area contributed by atoms with Crippen LogP contribution in [0, 0.1) is 6.92 Å². The number of carbonyl (C=O) groups excluding carboxylic acids is 1. The molecule has 1 saturated heterocycles. The molecule has 0 radical (unpaired) electrons. The molecule has 122 valence electrons. The highest BCUT2D eigenvalue weighted by Gasteiger charge is 2.24. The third-order valence-electron chi connectivity index (χ3n) is 4.11. The van der Waals surface area contributed by atoms with Crippen LogP contribution >= 0.6 is 11.3 Å². The number of thiazole rings is 1. The summed E-state index contributed by atoms with van der Waals surface area (Å²) in [6, 6.07) is 9.70. The van der Waals surface area contributed by atoms with Gasteiger partial charge < -0.3 is 10.0 Å². The Morgan fingerprint density at radius 1 is 1.26 bits per heavy atom.